The summed E-state index contributed by atoms with van der Waals surface area (Å²) in [4.78, 5) is 0. The van der Waals surface area contributed by atoms with Crippen molar-refractivity contribution in [3.63, 3.8) is 0 Å². The third-order valence-electron chi connectivity index (χ3n) is 3.29. The van der Waals surface area contributed by atoms with Gasteiger partial charge >= 0.3 is 0 Å². The molecule has 2 heterocycles. The summed E-state index contributed by atoms with van der Waals surface area (Å²) in [6.07, 6.45) is 6.95. The van der Waals surface area contributed by atoms with Crippen molar-refractivity contribution in [3.8, 4) is 0 Å². The molecule has 0 aromatic rings. The molecule has 3 aliphatic rings. The summed E-state index contributed by atoms with van der Waals surface area (Å²) in [5, 5.41) is 0. The Labute approximate surface area is 90.7 Å². The van der Waals surface area contributed by atoms with Crippen LogP contribution in [-0.2, 0) is 14.2 Å². The summed E-state index contributed by atoms with van der Waals surface area (Å²) in [6, 6.07) is 0. The molecule has 2 bridgehead atoms. The maximum Gasteiger partial charge on any atom is 0.199 e. The SMILES string of the molecule is C=COC1CC2CC(OC=C)(CCO1)C2. The van der Waals surface area contributed by atoms with E-state index >= 15 is 0 Å². The number of hydrogen-bond acceptors (Lipinski definition) is 3. The largest absolute Gasteiger partial charge is 0.495 e. The third kappa shape index (κ3) is 2.17. The first-order valence-electron chi connectivity index (χ1n) is 5.45. The van der Waals surface area contributed by atoms with E-state index in [9.17, 15) is 0 Å². The van der Waals surface area contributed by atoms with Gasteiger partial charge in [-0.1, -0.05) is 13.2 Å². The Bertz CT molecular complexity index is 235. The van der Waals surface area contributed by atoms with Crippen LogP contribution in [0, 0.1) is 5.92 Å². The highest BCUT2D eigenvalue weighted by Crippen LogP contribution is 2.47. The molecule has 0 amide bonds. The zero-order chi connectivity index (χ0) is 10.7. The lowest BCUT2D eigenvalue weighted by Crippen LogP contribution is -2.49. The molecule has 84 valence electrons. The average Bonchev–Trinajstić information content (AvgIpc) is 2.10. The molecule has 15 heavy (non-hydrogen) atoms. The van der Waals surface area contributed by atoms with Gasteiger partial charge in [-0.15, -0.1) is 0 Å². The molecule has 1 saturated carbocycles. The molecule has 0 radical (unpaired) electrons. The van der Waals surface area contributed by atoms with Crippen LogP contribution >= 0.6 is 0 Å². The van der Waals surface area contributed by atoms with E-state index in [0.29, 0.717) is 12.5 Å². The lowest BCUT2D eigenvalue weighted by Gasteiger charge is -2.49. The van der Waals surface area contributed by atoms with E-state index in [1.807, 2.05) is 0 Å². The van der Waals surface area contributed by atoms with Crippen LogP contribution in [0.15, 0.2) is 25.7 Å². The number of ether oxygens (including phenoxy) is 3. The number of fused-ring (bicyclic) bond motifs is 4. The normalized spacial score (nSPS) is 39.2. The Morgan fingerprint density at radius 1 is 1.27 bits per heavy atom. The highest BCUT2D eigenvalue weighted by atomic mass is 16.7. The molecular formula is C12H18O3. The lowest BCUT2D eigenvalue weighted by atomic mass is 9.67. The molecule has 3 nitrogen and oxygen atoms in total. The van der Waals surface area contributed by atoms with E-state index in [1.54, 1.807) is 6.26 Å². The minimum atomic E-state index is -0.116. The smallest absolute Gasteiger partial charge is 0.199 e. The molecule has 1 aliphatic carbocycles. The van der Waals surface area contributed by atoms with Gasteiger partial charge in [-0.05, 0) is 18.8 Å². The van der Waals surface area contributed by atoms with Crippen LogP contribution in [0.25, 0.3) is 0 Å². The van der Waals surface area contributed by atoms with E-state index in [0.717, 1.165) is 25.7 Å². The molecule has 2 saturated heterocycles. The number of rotatable bonds is 4. The van der Waals surface area contributed by atoms with E-state index in [4.69, 9.17) is 14.2 Å². The predicted octanol–water partition coefficient (Wildman–Crippen LogP) is 2.59. The maximum atomic E-state index is 5.59. The molecule has 1 unspecified atom stereocenters. The van der Waals surface area contributed by atoms with Gasteiger partial charge in [0.15, 0.2) is 6.29 Å². The zero-order valence-corrected chi connectivity index (χ0v) is 8.98. The Hall–Kier alpha value is -0.960. The second kappa shape index (κ2) is 4.27. The standard InChI is InChI=1S/C12H18O3/c1-3-13-11-7-10-8-12(9-10,15-4-2)5-6-14-11/h3-4,10-11H,1-2,5-9H2. The van der Waals surface area contributed by atoms with E-state index in [2.05, 4.69) is 13.2 Å². The molecule has 2 aliphatic heterocycles. The van der Waals surface area contributed by atoms with Gasteiger partial charge in [0.2, 0.25) is 0 Å². The molecular weight excluding hydrogens is 192 g/mol. The van der Waals surface area contributed by atoms with Crippen LogP contribution in [0.1, 0.15) is 25.7 Å². The lowest BCUT2D eigenvalue weighted by molar-refractivity contribution is -0.189. The zero-order valence-electron chi connectivity index (χ0n) is 8.98. The summed E-state index contributed by atoms with van der Waals surface area (Å²) in [7, 11) is 0. The Morgan fingerprint density at radius 2 is 2.07 bits per heavy atom. The van der Waals surface area contributed by atoms with Crippen LogP contribution in [0.3, 0.4) is 0 Å². The first kappa shape index (κ1) is 10.6. The van der Waals surface area contributed by atoms with Crippen LogP contribution in [0.5, 0.6) is 0 Å². The maximum absolute atomic E-state index is 5.59. The number of hydrogen-bond donors (Lipinski definition) is 0. The fraction of sp³-hybridized carbons (Fsp3) is 0.667. The minimum absolute atomic E-state index is 0.00552. The Balaban J connectivity index is 1.89. The fourth-order valence-electron chi connectivity index (χ4n) is 2.61. The second-order valence-corrected chi connectivity index (χ2v) is 4.33. The summed E-state index contributed by atoms with van der Waals surface area (Å²) < 4.78 is 16.5. The quantitative estimate of drug-likeness (QED) is 0.667. The second-order valence-electron chi connectivity index (χ2n) is 4.33. The van der Waals surface area contributed by atoms with Crippen molar-refractivity contribution in [1.82, 2.24) is 0 Å². The van der Waals surface area contributed by atoms with Crippen LogP contribution in [0.2, 0.25) is 0 Å². The van der Waals surface area contributed by atoms with Gasteiger partial charge in [-0.2, -0.15) is 0 Å². The minimum Gasteiger partial charge on any atom is -0.495 e. The summed E-state index contributed by atoms with van der Waals surface area (Å²) in [5.41, 5.74) is 0.00552. The first-order valence-corrected chi connectivity index (χ1v) is 5.45. The third-order valence-corrected chi connectivity index (χ3v) is 3.29. The molecule has 1 atom stereocenters. The summed E-state index contributed by atoms with van der Waals surface area (Å²) >= 11 is 0. The molecule has 0 aromatic heterocycles. The van der Waals surface area contributed by atoms with Gasteiger partial charge in [-0.25, -0.2) is 0 Å². The molecule has 3 rings (SSSR count). The van der Waals surface area contributed by atoms with E-state index in [-0.39, 0.29) is 11.9 Å². The molecule has 3 fully saturated rings. The fourth-order valence-corrected chi connectivity index (χ4v) is 2.61. The van der Waals surface area contributed by atoms with Gasteiger partial charge in [0.05, 0.1) is 19.1 Å². The van der Waals surface area contributed by atoms with Crippen LogP contribution in [-0.4, -0.2) is 18.5 Å². The van der Waals surface area contributed by atoms with Gasteiger partial charge in [0.1, 0.15) is 5.60 Å². The molecule has 0 spiro atoms. The van der Waals surface area contributed by atoms with Crippen LogP contribution in [0.4, 0.5) is 0 Å². The molecule has 0 aromatic carbocycles. The monoisotopic (exact) mass is 210 g/mol. The van der Waals surface area contributed by atoms with Crippen molar-refractivity contribution >= 4 is 0 Å². The molecule has 3 heteroatoms. The van der Waals surface area contributed by atoms with Crippen molar-refractivity contribution in [3.05, 3.63) is 25.7 Å². The van der Waals surface area contributed by atoms with Gasteiger partial charge in [0.25, 0.3) is 0 Å². The predicted molar refractivity (Wildman–Crippen MR) is 57.0 cm³/mol. The summed E-state index contributed by atoms with van der Waals surface area (Å²) in [5.74, 6) is 0.648. The van der Waals surface area contributed by atoms with Gasteiger partial charge in [0, 0.05) is 12.8 Å². The van der Waals surface area contributed by atoms with Crippen molar-refractivity contribution in [2.45, 2.75) is 37.6 Å². The van der Waals surface area contributed by atoms with Crippen molar-refractivity contribution in [2.75, 3.05) is 6.61 Å². The van der Waals surface area contributed by atoms with Gasteiger partial charge in [-0.3, -0.25) is 0 Å². The topological polar surface area (TPSA) is 27.7 Å². The van der Waals surface area contributed by atoms with E-state index < -0.39 is 0 Å². The van der Waals surface area contributed by atoms with Crippen molar-refractivity contribution < 1.29 is 14.2 Å². The van der Waals surface area contributed by atoms with Crippen molar-refractivity contribution in [1.29, 1.82) is 0 Å². The Morgan fingerprint density at radius 3 is 2.73 bits per heavy atom. The van der Waals surface area contributed by atoms with E-state index in [1.165, 1.54) is 6.26 Å². The van der Waals surface area contributed by atoms with Crippen molar-refractivity contribution in [2.24, 2.45) is 5.92 Å². The Kier molecular flexibility index (Phi) is 3.00. The van der Waals surface area contributed by atoms with Gasteiger partial charge < -0.3 is 14.2 Å². The summed E-state index contributed by atoms with van der Waals surface area (Å²) in [6.45, 7) is 7.85. The highest BCUT2D eigenvalue weighted by Gasteiger charge is 2.47. The first-order chi connectivity index (χ1) is 7.28. The molecule has 0 N–H and O–H groups in total. The van der Waals surface area contributed by atoms with Crippen LogP contribution < -0.4 is 0 Å². The highest BCUT2D eigenvalue weighted by molar-refractivity contribution is 4.98. The average molecular weight is 210 g/mol.